The smallest absolute Gasteiger partial charge is 0.123 e. The van der Waals surface area contributed by atoms with Crippen molar-refractivity contribution in [3.63, 3.8) is 0 Å². The highest BCUT2D eigenvalue weighted by Crippen LogP contribution is 2.12. The molecule has 1 aromatic carbocycles. The van der Waals surface area contributed by atoms with Gasteiger partial charge in [0.05, 0.1) is 6.54 Å². The zero-order chi connectivity index (χ0) is 10.7. The number of hydrogen-bond acceptors (Lipinski definition) is 2. The number of nitrogens with one attached hydrogen (secondary N) is 1. The summed E-state index contributed by atoms with van der Waals surface area (Å²) in [7, 11) is 0. The highest BCUT2D eigenvalue weighted by atomic mass is 16.3. The highest BCUT2D eigenvalue weighted by molar-refractivity contribution is 5.44. The van der Waals surface area contributed by atoms with Crippen LogP contribution in [0.3, 0.4) is 0 Å². The van der Waals surface area contributed by atoms with Crippen LogP contribution in [0.1, 0.15) is 17.1 Å². The first-order valence-corrected chi connectivity index (χ1v) is 5.10. The zero-order valence-corrected chi connectivity index (χ0v) is 9.08. The van der Waals surface area contributed by atoms with Gasteiger partial charge in [-0.25, -0.2) is 0 Å². The fourth-order valence-corrected chi connectivity index (χ4v) is 1.44. The number of hydrogen-bond donors (Lipinski definition) is 1. The van der Waals surface area contributed by atoms with Crippen LogP contribution in [0.25, 0.3) is 0 Å². The molecule has 0 amide bonds. The van der Waals surface area contributed by atoms with Gasteiger partial charge in [-0.1, -0.05) is 17.7 Å². The molecule has 1 heterocycles. The molecule has 2 aromatic rings. The van der Waals surface area contributed by atoms with Crippen LogP contribution in [0.15, 0.2) is 40.8 Å². The van der Waals surface area contributed by atoms with Crippen molar-refractivity contribution in [3.05, 3.63) is 53.5 Å². The van der Waals surface area contributed by atoms with Gasteiger partial charge in [0.25, 0.3) is 0 Å². The van der Waals surface area contributed by atoms with E-state index < -0.39 is 0 Å². The van der Waals surface area contributed by atoms with Gasteiger partial charge in [0.15, 0.2) is 0 Å². The lowest BCUT2D eigenvalue weighted by Crippen LogP contribution is -1.97. The van der Waals surface area contributed by atoms with Gasteiger partial charge in [-0.05, 0) is 38.1 Å². The highest BCUT2D eigenvalue weighted by Gasteiger charge is 1.97. The molecule has 1 N–H and O–H groups in total. The van der Waals surface area contributed by atoms with E-state index in [0.29, 0.717) is 0 Å². The van der Waals surface area contributed by atoms with Crippen LogP contribution in [-0.2, 0) is 6.54 Å². The minimum absolute atomic E-state index is 0.733. The summed E-state index contributed by atoms with van der Waals surface area (Å²) in [6, 6.07) is 12.3. The molecule has 0 radical (unpaired) electrons. The van der Waals surface area contributed by atoms with E-state index in [0.717, 1.165) is 23.8 Å². The number of benzene rings is 1. The van der Waals surface area contributed by atoms with E-state index in [9.17, 15) is 0 Å². The molecule has 2 heteroatoms. The van der Waals surface area contributed by atoms with Crippen molar-refractivity contribution < 1.29 is 4.42 Å². The monoisotopic (exact) mass is 201 g/mol. The molecular weight excluding hydrogens is 186 g/mol. The van der Waals surface area contributed by atoms with Gasteiger partial charge >= 0.3 is 0 Å². The van der Waals surface area contributed by atoms with E-state index in [4.69, 9.17) is 4.42 Å². The van der Waals surface area contributed by atoms with Crippen LogP contribution < -0.4 is 5.32 Å². The molecule has 0 fully saturated rings. The van der Waals surface area contributed by atoms with Crippen molar-refractivity contribution in [3.8, 4) is 0 Å². The molecule has 78 valence electrons. The first kappa shape index (κ1) is 9.84. The van der Waals surface area contributed by atoms with Gasteiger partial charge in [-0.3, -0.25) is 0 Å². The second-order valence-electron chi connectivity index (χ2n) is 3.73. The summed E-state index contributed by atoms with van der Waals surface area (Å²) in [5.41, 5.74) is 2.39. The average Bonchev–Trinajstić information content (AvgIpc) is 2.64. The molecule has 0 saturated carbocycles. The first-order chi connectivity index (χ1) is 7.24. The quantitative estimate of drug-likeness (QED) is 0.822. The molecule has 0 aliphatic rings. The fourth-order valence-electron chi connectivity index (χ4n) is 1.44. The second-order valence-corrected chi connectivity index (χ2v) is 3.73. The third kappa shape index (κ3) is 2.62. The Bertz CT molecular complexity index is 428. The van der Waals surface area contributed by atoms with Gasteiger partial charge < -0.3 is 9.73 Å². The topological polar surface area (TPSA) is 25.2 Å². The van der Waals surface area contributed by atoms with Crippen LogP contribution in [0.4, 0.5) is 5.69 Å². The van der Waals surface area contributed by atoms with Crippen LogP contribution in [-0.4, -0.2) is 0 Å². The maximum absolute atomic E-state index is 5.47. The van der Waals surface area contributed by atoms with Crippen LogP contribution in [0.5, 0.6) is 0 Å². The Balaban J connectivity index is 1.96. The van der Waals surface area contributed by atoms with E-state index in [-0.39, 0.29) is 0 Å². The van der Waals surface area contributed by atoms with Crippen molar-refractivity contribution in [1.29, 1.82) is 0 Å². The van der Waals surface area contributed by atoms with Crippen molar-refractivity contribution in [2.45, 2.75) is 20.4 Å². The average molecular weight is 201 g/mol. The summed E-state index contributed by atoms with van der Waals surface area (Å²) in [6.07, 6.45) is 0. The van der Waals surface area contributed by atoms with Gasteiger partial charge in [0, 0.05) is 5.69 Å². The van der Waals surface area contributed by atoms with Gasteiger partial charge in [0.1, 0.15) is 11.5 Å². The molecule has 2 nitrogen and oxygen atoms in total. The van der Waals surface area contributed by atoms with Gasteiger partial charge in [0.2, 0.25) is 0 Å². The Morgan fingerprint density at radius 1 is 1.00 bits per heavy atom. The van der Waals surface area contributed by atoms with Gasteiger partial charge in [-0.15, -0.1) is 0 Å². The summed E-state index contributed by atoms with van der Waals surface area (Å²) in [5.74, 6) is 1.92. The van der Waals surface area contributed by atoms with Crippen LogP contribution >= 0.6 is 0 Å². The lowest BCUT2D eigenvalue weighted by Gasteiger charge is -2.04. The summed E-state index contributed by atoms with van der Waals surface area (Å²) < 4.78 is 5.47. The maximum atomic E-state index is 5.47. The third-order valence-electron chi connectivity index (χ3n) is 2.31. The third-order valence-corrected chi connectivity index (χ3v) is 2.31. The number of furan rings is 1. The molecule has 1 aromatic heterocycles. The van der Waals surface area contributed by atoms with Crippen molar-refractivity contribution >= 4 is 5.69 Å². The lowest BCUT2D eigenvalue weighted by molar-refractivity contribution is 0.490. The van der Waals surface area contributed by atoms with Crippen LogP contribution in [0, 0.1) is 13.8 Å². The minimum atomic E-state index is 0.733. The summed E-state index contributed by atoms with van der Waals surface area (Å²) in [4.78, 5) is 0. The Labute approximate surface area is 89.9 Å². The number of aryl methyl sites for hydroxylation is 2. The maximum Gasteiger partial charge on any atom is 0.123 e. The predicted molar refractivity (Wildman–Crippen MR) is 62.0 cm³/mol. The van der Waals surface area contributed by atoms with Crippen molar-refractivity contribution in [2.24, 2.45) is 0 Å². The van der Waals surface area contributed by atoms with Crippen LogP contribution in [0.2, 0.25) is 0 Å². The SMILES string of the molecule is Cc1ccc(NCc2ccc(C)o2)cc1. The van der Waals surface area contributed by atoms with Gasteiger partial charge in [-0.2, -0.15) is 0 Å². The normalized spacial score (nSPS) is 10.3. The van der Waals surface area contributed by atoms with E-state index in [1.807, 2.05) is 19.1 Å². The molecule has 15 heavy (non-hydrogen) atoms. The summed E-state index contributed by atoms with van der Waals surface area (Å²) >= 11 is 0. The Hall–Kier alpha value is -1.70. The molecule has 0 bridgehead atoms. The summed E-state index contributed by atoms with van der Waals surface area (Å²) in [5, 5.41) is 3.31. The molecule has 0 aliphatic heterocycles. The lowest BCUT2D eigenvalue weighted by atomic mass is 10.2. The first-order valence-electron chi connectivity index (χ1n) is 5.10. The predicted octanol–water partition coefficient (Wildman–Crippen LogP) is 3.51. The van der Waals surface area contributed by atoms with E-state index in [2.05, 4.69) is 36.5 Å². The molecular formula is C13H15NO. The standard InChI is InChI=1S/C13H15NO/c1-10-3-6-12(7-4-10)14-9-13-8-5-11(2)15-13/h3-8,14H,9H2,1-2H3. The Kier molecular flexibility index (Phi) is 2.77. The minimum Gasteiger partial charge on any atom is -0.465 e. The molecule has 0 saturated heterocycles. The van der Waals surface area contributed by atoms with E-state index in [1.165, 1.54) is 5.56 Å². The van der Waals surface area contributed by atoms with E-state index >= 15 is 0 Å². The summed E-state index contributed by atoms with van der Waals surface area (Å²) in [6.45, 7) is 4.77. The Morgan fingerprint density at radius 3 is 2.33 bits per heavy atom. The molecule has 2 rings (SSSR count). The Morgan fingerprint density at radius 2 is 1.73 bits per heavy atom. The fraction of sp³-hybridized carbons (Fsp3) is 0.231. The largest absolute Gasteiger partial charge is 0.465 e. The molecule has 0 unspecified atom stereocenters. The van der Waals surface area contributed by atoms with E-state index in [1.54, 1.807) is 0 Å². The second kappa shape index (κ2) is 4.22. The number of anilines is 1. The van der Waals surface area contributed by atoms with Crippen molar-refractivity contribution in [2.75, 3.05) is 5.32 Å². The molecule has 0 spiro atoms. The molecule has 0 aliphatic carbocycles. The molecule has 0 atom stereocenters. The van der Waals surface area contributed by atoms with Crippen molar-refractivity contribution in [1.82, 2.24) is 0 Å². The number of rotatable bonds is 3. The zero-order valence-electron chi connectivity index (χ0n) is 9.08.